The van der Waals surface area contributed by atoms with Crippen LogP contribution in [0.15, 0.2) is 30.5 Å². The number of para-hydroxylation sites is 1. The van der Waals surface area contributed by atoms with Crippen molar-refractivity contribution in [1.29, 1.82) is 0 Å². The van der Waals surface area contributed by atoms with Gasteiger partial charge in [-0.25, -0.2) is 4.68 Å². The molecule has 9 heteroatoms. The van der Waals surface area contributed by atoms with Crippen molar-refractivity contribution in [3.05, 3.63) is 36.0 Å². The van der Waals surface area contributed by atoms with E-state index < -0.39 is 6.04 Å². The Morgan fingerprint density at radius 3 is 2.93 bits per heavy atom. The molecule has 0 aliphatic carbocycles. The third-order valence-electron chi connectivity index (χ3n) is 5.52. The van der Waals surface area contributed by atoms with Gasteiger partial charge in [0, 0.05) is 23.8 Å². The maximum atomic E-state index is 13.0. The molecule has 2 fully saturated rings. The highest BCUT2D eigenvalue weighted by molar-refractivity contribution is 8.01. The van der Waals surface area contributed by atoms with Gasteiger partial charge in [-0.2, -0.15) is 5.10 Å². The van der Waals surface area contributed by atoms with Gasteiger partial charge in [0.2, 0.25) is 11.8 Å². The van der Waals surface area contributed by atoms with Crippen LogP contribution in [0.2, 0.25) is 0 Å². The fourth-order valence-electron chi connectivity index (χ4n) is 4.03. The topological polar surface area (TPSA) is 85.7 Å². The highest BCUT2D eigenvalue weighted by Crippen LogP contribution is 2.47. The summed E-state index contributed by atoms with van der Waals surface area (Å²) in [5, 5.41) is 7.29. The van der Waals surface area contributed by atoms with Gasteiger partial charge in [0.15, 0.2) is 11.5 Å². The summed E-state index contributed by atoms with van der Waals surface area (Å²) < 4.78 is 12.5. The number of hydrogen-bond acceptors (Lipinski definition) is 6. The molecule has 0 spiro atoms. The van der Waals surface area contributed by atoms with Crippen LogP contribution in [-0.2, 0) is 16.1 Å². The molecular weight excluding hydrogens is 392 g/mol. The van der Waals surface area contributed by atoms with Crippen molar-refractivity contribution in [2.45, 2.75) is 37.2 Å². The lowest BCUT2D eigenvalue weighted by atomic mass is 10.2. The Balaban J connectivity index is 1.52. The number of rotatable bonds is 6. The quantitative estimate of drug-likeness (QED) is 0.778. The maximum absolute atomic E-state index is 13.0. The van der Waals surface area contributed by atoms with Crippen LogP contribution >= 0.6 is 11.8 Å². The first kappa shape index (κ1) is 19.6. The molecule has 2 aliphatic rings. The molecule has 2 unspecified atom stereocenters. The van der Waals surface area contributed by atoms with Gasteiger partial charge in [-0.1, -0.05) is 12.1 Å². The zero-order valence-electron chi connectivity index (χ0n) is 16.7. The highest BCUT2D eigenvalue weighted by Gasteiger charge is 2.52. The second-order valence-corrected chi connectivity index (χ2v) is 8.78. The van der Waals surface area contributed by atoms with Gasteiger partial charge in [0.25, 0.3) is 0 Å². The minimum atomic E-state index is -0.463. The molecule has 2 amide bonds. The molecule has 0 radical (unpaired) electrons. The fraction of sp³-hybridized carbons (Fsp3) is 0.450. The van der Waals surface area contributed by atoms with Crippen molar-refractivity contribution in [2.24, 2.45) is 0 Å². The summed E-state index contributed by atoms with van der Waals surface area (Å²) in [4.78, 5) is 26.8. The molecule has 154 valence electrons. The number of benzene rings is 1. The van der Waals surface area contributed by atoms with E-state index in [2.05, 4.69) is 10.4 Å². The molecule has 29 heavy (non-hydrogen) atoms. The molecule has 4 rings (SSSR count). The number of hydrogen-bond donors (Lipinski definition) is 1. The van der Waals surface area contributed by atoms with Gasteiger partial charge in [0.05, 0.1) is 31.8 Å². The molecule has 2 aromatic rings. The Labute approximate surface area is 173 Å². The van der Waals surface area contributed by atoms with E-state index in [1.54, 1.807) is 47.8 Å². The second kappa shape index (κ2) is 7.62. The molecule has 1 aromatic heterocycles. The lowest BCUT2D eigenvalue weighted by Gasteiger charge is -2.29. The average Bonchev–Trinajstić information content (AvgIpc) is 3.37. The summed E-state index contributed by atoms with van der Waals surface area (Å²) in [6, 6.07) is 6.92. The number of carbonyl (C=O) groups excluding carboxylic acids is 2. The summed E-state index contributed by atoms with van der Waals surface area (Å²) >= 11 is 1.68. The molecule has 0 bridgehead atoms. The van der Waals surface area contributed by atoms with Crippen LogP contribution in [0, 0.1) is 0 Å². The third kappa shape index (κ3) is 3.43. The maximum Gasteiger partial charge on any atom is 0.249 e. The largest absolute Gasteiger partial charge is 0.493 e. The van der Waals surface area contributed by atoms with Crippen molar-refractivity contribution in [3.8, 4) is 11.5 Å². The summed E-state index contributed by atoms with van der Waals surface area (Å²) in [5.41, 5.74) is 0.879. The molecule has 2 atom stereocenters. The van der Waals surface area contributed by atoms with Gasteiger partial charge < -0.3 is 19.7 Å². The van der Waals surface area contributed by atoms with Crippen molar-refractivity contribution in [2.75, 3.05) is 25.3 Å². The first-order valence-corrected chi connectivity index (χ1v) is 10.4. The number of anilines is 1. The predicted molar refractivity (Wildman–Crippen MR) is 110 cm³/mol. The third-order valence-corrected chi connectivity index (χ3v) is 7.03. The number of aromatic nitrogens is 2. The number of nitrogens with zero attached hydrogens (tertiary/aromatic N) is 3. The van der Waals surface area contributed by atoms with Crippen LogP contribution in [0.3, 0.4) is 0 Å². The molecule has 0 saturated carbocycles. The summed E-state index contributed by atoms with van der Waals surface area (Å²) in [5.74, 6) is 2.31. The monoisotopic (exact) mass is 416 g/mol. The molecular formula is C20H24N4O4S. The SMILES string of the molecule is COc1cccc(Cn2nccc2NC(=O)C2CSC3(C)CCC(=O)N23)c1OC. The van der Waals surface area contributed by atoms with Crippen molar-refractivity contribution in [3.63, 3.8) is 0 Å². The number of fused-ring (bicyclic) bond motifs is 1. The lowest BCUT2D eigenvalue weighted by Crippen LogP contribution is -2.48. The summed E-state index contributed by atoms with van der Waals surface area (Å²) in [6.07, 6.45) is 2.92. The van der Waals surface area contributed by atoms with E-state index >= 15 is 0 Å². The first-order chi connectivity index (χ1) is 14.0. The van der Waals surface area contributed by atoms with E-state index in [1.807, 2.05) is 25.1 Å². The standard InChI is InChI=1S/C20H24N4O4S/c1-20-9-7-17(25)24(20)14(12-29-20)19(26)22-16-8-10-21-23(16)11-13-5-4-6-15(27-2)18(13)28-3/h4-6,8,10,14H,7,9,11-12H2,1-3H3,(H,22,26). The second-order valence-electron chi connectivity index (χ2n) is 7.28. The number of methoxy groups -OCH3 is 2. The van der Waals surface area contributed by atoms with Crippen LogP contribution < -0.4 is 14.8 Å². The minimum absolute atomic E-state index is 0.0484. The van der Waals surface area contributed by atoms with E-state index in [0.717, 1.165) is 12.0 Å². The normalized spacial score (nSPS) is 23.2. The number of amides is 2. The Bertz CT molecular complexity index is 946. The van der Waals surface area contributed by atoms with Crippen LogP contribution in [-0.4, -0.2) is 57.4 Å². The van der Waals surface area contributed by atoms with Crippen LogP contribution in [0.25, 0.3) is 0 Å². The van der Waals surface area contributed by atoms with E-state index in [4.69, 9.17) is 9.47 Å². The smallest absolute Gasteiger partial charge is 0.249 e. The summed E-state index contributed by atoms with van der Waals surface area (Å²) in [7, 11) is 3.18. The van der Waals surface area contributed by atoms with Gasteiger partial charge in [-0.15, -0.1) is 11.8 Å². The van der Waals surface area contributed by atoms with E-state index in [9.17, 15) is 9.59 Å². The van der Waals surface area contributed by atoms with Crippen LogP contribution in [0.5, 0.6) is 11.5 Å². The molecule has 1 aromatic carbocycles. The van der Waals surface area contributed by atoms with Crippen LogP contribution in [0.1, 0.15) is 25.3 Å². The Morgan fingerprint density at radius 2 is 2.17 bits per heavy atom. The average molecular weight is 417 g/mol. The number of carbonyl (C=O) groups is 2. The summed E-state index contributed by atoms with van der Waals surface area (Å²) in [6.45, 7) is 2.44. The van der Waals surface area contributed by atoms with Gasteiger partial charge >= 0.3 is 0 Å². The molecule has 8 nitrogen and oxygen atoms in total. The molecule has 1 N–H and O–H groups in total. The zero-order valence-corrected chi connectivity index (χ0v) is 17.5. The predicted octanol–water partition coefficient (Wildman–Crippen LogP) is 2.34. The zero-order chi connectivity index (χ0) is 20.6. The molecule has 2 saturated heterocycles. The lowest BCUT2D eigenvalue weighted by molar-refractivity contribution is -0.135. The minimum Gasteiger partial charge on any atom is -0.493 e. The molecule has 3 heterocycles. The first-order valence-electron chi connectivity index (χ1n) is 9.45. The highest BCUT2D eigenvalue weighted by atomic mass is 32.2. The number of ether oxygens (including phenoxy) is 2. The Morgan fingerprint density at radius 1 is 1.34 bits per heavy atom. The van der Waals surface area contributed by atoms with Crippen molar-refractivity contribution in [1.82, 2.24) is 14.7 Å². The number of thioether (sulfide) groups is 1. The van der Waals surface area contributed by atoms with Gasteiger partial charge in [-0.05, 0) is 19.4 Å². The van der Waals surface area contributed by atoms with Crippen molar-refractivity contribution >= 4 is 29.4 Å². The Hall–Kier alpha value is -2.68. The van der Waals surface area contributed by atoms with E-state index in [1.165, 1.54) is 0 Å². The van der Waals surface area contributed by atoms with Crippen molar-refractivity contribution < 1.29 is 19.1 Å². The van der Waals surface area contributed by atoms with E-state index in [0.29, 0.717) is 36.0 Å². The fourth-order valence-corrected chi connectivity index (χ4v) is 5.46. The number of nitrogens with one attached hydrogen (secondary N) is 1. The van der Waals surface area contributed by atoms with Gasteiger partial charge in [-0.3, -0.25) is 9.59 Å². The van der Waals surface area contributed by atoms with E-state index in [-0.39, 0.29) is 16.7 Å². The molecule has 2 aliphatic heterocycles. The Kier molecular flexibility index (Phi) is 5.16. The van der Waals surface area contributed by atoms with Crippen LogP contribution in [0.4, 0.5) is 5.82 Å². The van der Waals surface area contributed by atoms with Gasteiger partial charge in [0.1, 0.15) is 11.9 Å².